The van der Waals surface area contributed by atoms with E-state index in [-0.39, 0.29) is 76.9 Å². The molecule has 2 unspecified atom stereocenters. The maximum atomic E-state index is 12.0. The third kappa shape index (κ3) is 6.19. The molecule has 2 aliphatic rings. The van der Waals surface area contributed by atoms with Crippen LogP contribution in [0, 0.1) is 14.4 Å². The Balaban J connectivity index is 0.000000221. The van der Waals surface area contributed by atoms with Crippen molar-refractivity contribution in [2.24, 2.45) is 0 Å². The fourth-order valence-corrected chi connectivity index (χ4v) is 5.20. The first kappa shape index (κ1) is 33.1. The van der Waals surface area contributed by atoms with Crippen molar-refractivity contribution in [3.63, 3.8) is 0 Å². The van der Waals surface area contributed by atoms with Crippen molar-refractivity contribution in [1.82, 2.24) is 15.6 Å². The van der Waals surface area contributed by atoms with Crippen molar-refractivity contribution in [3.05, 3.63) is 61.2 Å². The van der Waals surface area contributed by atoms with Crippen LogP contribution in [-0.2, 0) is 40.2 Å². The van der Waals surface area contributed by atoms with Gasteiger partial charge in [0.2, 0.25) is 23.6 Å². The number of hydrogen-bond donors (Lipinski definition) is 4. The third-order valence-corrected chi connectivity index (χ3v) is 7.20. The number of aromatic hydroxyl groups is 1. The molecule has 13 heteroatoms. The van der Waals surface area contributed by atoms with E-state index in [1.165, 1.54) is 18.4 Å². The minimum absolute atomic E-state index is 0. The van der Waals surface area contributed by atoms with Gasteiger partial charge in [-0.1, -0.05) is 7.43 Å². The van der Waals surface area contributed by atoms with Gasteiger partial charge in [-0.2, -0.15) is 0 Å². The molecule has 4 amide bonds. The van der Waals surface area contributed by atoms with E-state index in [0.717, 1.165) is 16.5 Å². The van der Waals surface area contributed by atoms with Gasteiger partial charge in [-0.3, -0.25) is 29.8 Å². The summed E-state index contributed by atoms with van der Waals surface area (Å²) in [6.07, 6.45) is 4.62. The molecule has 5 N–H and O–H groups in total. The average Bonchev–Trinajstić information content (AvgIpc) is 3.59. The Hall–Kier alpha value is -4.44. The largest absolute Gasteiger partial charge is 0.506 e. The summed E-state index contributed by atoms with van der Waals surface area (Å²) in [6, 6.07) is 6.64. The fraction of sp³-hybridized carbons (Fsp3) is 0.267. The monoisotopic (exact) mass is 759 g/mol. The molecule has 226 valence electrons. The summed E-state index contributed by atoms with van der Waals surface area (Å²) >= 11 is 0. The van der Waals surface area contributed by atoms with E-state index in [4.69, 9.17) is 19.0 Å². The van der Waals surface area contributed by atoms with E-state index in [9.17, 15) is 24.3 Å². The smallest absolute Gasteiger partial charge is 0.234 e. The van der Waals surface area contributed by atoms with Gasteiger partial charge in [0.1, 0.15) is 22.4 Å². The number of aryl methyl sites for hydroxylation is 1. The zero-order valence-electron chi connectivity index (χ0n) is 22.7. The Kier molecular flexibility index (Phi) is 9.86. The summed E-state index contributed by atoms with van der Waals surface area (Å²) in [7, 11) is 0. The number of nitrogen functional groups attached to an aromatic ring is 1. The standard InChI is InChI=1S/C15H12N2O4.C13H12N2O4.CH4.CH3.W/c1-7-16-11-5-12-9(4-13(11)21-7)10(6-20-12)8-2-3-14(18)17-15(8)19;14-9-4-11-7(3-10(9)16)8(5-19-11)6-1-2-12(17)15-13(6)18;;;/h4-6,8H,2-3H2,1H3,(H,17,18,19);3-6,16H,1-2,14H2,(H,15,17,18);1H4;1H3;/q;;;-1;. The molecule has 5 heterocycles. The number of oxazole rings is 1. The number of benzene rings is 2. The molecule has 2 atom stereocenters. The molecule has 0 aliphatic carbocycles. The van der Waals surface area contributed by atoms with Crippen molar-refractivity contribution in [2.45, 2.75) is 51.9 Å². The second-order valence-corrected chi connectivity index (χ2v) is 9.85. The Morgan fingerprint density at radius 3 is 1.88 bits per heavy atom. The number of hydrogen-bond acceptors (Lipinski definition) is 10. The van der Waals surface area contributed by atoms with Crippen LogP contribution in [-0.4, -0.2) is 33.7 Å². The van der Waals surface area contributed by atoms with Crippen LogP contribution in [0.25, 0.3) is 33.0 Å². The molecule has 0 saturated carbocycles. The molecule has 3 aromatic heterocycles. The Labute approximate surface area is 260 Å². The number of rotatable bonds is 2. The van der Waals surface area contributed by atoms with E-state index < -0.39 is 5.92 Å². The summed E-state index contributed by atoms with van der Waals surface area (Å²) in [6.45, 7) is 1.78. The number of phenols is 1. The number of amides is 4. The van der Waals surface area contributed by atoms with Crippen LogP contribution in [0.4, 0.5) is 5.69 Å². The number of anilines is 1. The predicted octanol–water partition coefficient (Wildman–Crippen LogP) is 4.73. The summed E-state index contributed by atoms with van der Waals surface area (Å²) in [4.78, 5) is 50.5. The molecule has 12 nitrogen and oxygen atoms in total. The first-order valence-corrected chi connectivity index (χ1v) is 12.6. The van der Waals surface area contributed by atoms with Gasteiger partial charge in [-0.05, 0) is 25.0 Å². The number of nitrogens with zero attached hydrogens (tertiary/aromatic N) is 1. The van der Waals surface area contributed by atoms with E-state index in [2.05, 4.69) is 15.6 Å². The number of furan rings is 2. The molecule has 7 rings (SSSR count). The van der Waals surface area contributed by atoms with E-state index in [0.29, 0.717) is 59.3 Å². The van der Waals surface area contributed by atoms with Gasteiger partial charge in [-0.15, -0.1) is 0 Å². The van der Waals surface area contributed by atoms with Crippen molar-refractivity contribution in [1.29, 1.82) is 0 Å². The first-order valence-electron chi connectivity index (χ1n) is 12.6. The second-order valence-electron chi connectivity index (χ2n) is 9.85. The number of nitrogens with one attached hydrogen (secondary N) is 2. The molecule has 0 spiro atoms. The molecule has 0 bridgehead atoms. The normalized spacial score (nSPS) is 18.2. The third-order valence-electron chi connectivity index (χ3n) is 7.20. The number of phenolic OH excluding ortho intramolecular Hbond substituents is 1. The minimum Gasteiger partial charge on any atom is -0.506 e. The van der Waals surface area contributed by atoms with Crippen molar-refractivity contribution in [2.75, 3.05) is 5.73 Å². The number of imide groups is 2. The second kappa shape index (κ2) is 12.8. The Morgan fingerprint density at radius 1 is 0.837 bits per heavy atom. The van der Waals surface area contributed by atoms with Gasteiger partial charge in [-0.25, -0.2) is 4.98 Å². The molecular weight excluding hydrogens is 728 g/mol. The topological polar surface area (TPSA) is 191 Å². The fourth-order valence-electron chi connectivity index (χ4n) is 5.20. The van der Waals surface area contributed by atoms with Crippen molar-refractivity contribution in [3.8, 4) is 5.75 Å². The quantitative estimate of drug-likeness (QED) is 0.0848. The van der Waals surface area contributed by atoms with Gasteiger partial charge in [0, 0.05) is 74.9 Å². The molecule has 2 fully saturated rings. The molecule has 2 saturated heterocycles. The number of piperidine rings is 2. The van der Waals surface area contributed by atoms with Crippen molar-refractivity contribution < 1.29 is 58.6 Å². The molecule has 0 radical (unpaired) electrons. The SMILES string of the molecule is C.Cc1nc2cc3occ(C4CCC(=O)NC4=O)c3cc2o1.Nc1cc2occ(C3CCC(=O)NC3=O)c2cc1O.[CH3-].[W]. The van der Waals surface area contributed by atoms with Gasteiger partial charge < -0.3 is 31.5 Å². The van der Waals surface area contributed by atoms with Gasteiger partial charge in [0.15, 0.2) is 11.5 Å². The zero-order chi connectivity index (χ0) is 28.1. The maximum absolute atomic E-state index is 12.0. The van der Waals surface area contributed by atoms with Gasteiger partial charge in [0.05, 0.1) is 30.0 Å². The number of aromatic nitrogens is 1. The van der Waals surface area contributed by atoms with Gasteiger partial charge in [0.25, 0.3) is 0 Å². The van der Waals surface area contributed by atoms with E-state index in [1.54, 1.807) is 19.3 Å². The number of fused-ring (bicyclic) bond motifs is 3. The predicted molar refractivity (Wildman–Crippen MR) is 154 cm³/mol. The van der Waals surface area contributed by atoms with Crippen LogP contribution in [0.15, 0.2) is 50.0 Å². The molecular formula is C30H31N4O8W-. The Bertz CT molecular complexity index is 1850. The number of carbonyl (C=O) groups is 4. The maximum Gasteiger partial charge on any atom is 0.234 e. The van der Waals surface area contributed by atoms with Crippen LogP contribution in [0.5, 0.6) is 5.75 Å². The average molecular weight is 759 g/mol. The minimum atomic E-state index is -0.443. The number of nitrogens with two attached hydrogens (primary N) is 1. The molecule has 5 aromatic rings. The van der Waals surface area contributed by atoms with Crippen LogP contribution < -0.4 is 16.4 Å². The molecule has 2 aliphatic heterocycles. The zero-order valence-corrected chi connectivity index (χ0v) is 25.6. The van der Waals surface area contributed by atoms with Crippen LogP contribution in [0.2, 0.25) is 0 Å². The van der Waals surface area contributed by atoms with Crippen LogP contribution in [0.1, 0.15) is 62.0 Å². The summed E-state index contributed by atoms with van der Waals surface area (Å²) in [5.41, 5.74) is 9.81. The first-order chi connectivity index (χ1) is 19.2. The Morgan fingerprint density at radius 2 is 1.35 bits per heavy atom. The van der Waals surface area contributed by atoms with Crippen molar-refractivity contribution >= 4 is 62.4 Å². The van der Waals surface area contributed by atoms with Gasteiger partial charge >= 0.3 is 0 Å². The molecule has 43 heavy (non-hydrogen) atoms. The van der Waals surface area contributed by atoms with Crippen LogP contribution in [0.3, 0.4) is 0 Å². The number of carbonyl (C=O) groups excluding carboxylic acids is 4. The van der Waals surface area contributed by atoms with Crippen LogP contribution >= 0.6 is 0 Å². The summed E-state index contributed by atoms with van der Waals surface area (Å²) in [5.74, 6) is -1.38. The summed E-state index contributed by atoms with van der Waals surface area (Å²) in [5, 5.41) is 15.8. The molecule has 2 aromatic carbocycles. The van der Waals surface area contributed by atoms with E-state index in [1.807, 2.05) is 6.07 Å². The summed E-state index contributed by atoms with van der Waals surface area (Å²) < 4.78 is 16.4. The van der Waals surface area contributed by atoms with E-state index >= 15 is 0 Å².